The maximum atomic E-state index is 9.82. The number of piperazine rings is 1. The normalized spacial score (nSPS) is 27.6. The summed E-state index contributed by atoms with van der Waals surface area (Å²) in [4.78, 5) is 7.14. The van der Waals surface area contributed by atoms with Gasteiger partial charge in [0.15, 0.2) is 5.79 Å². The third kappa shape index (κ3) is 7.73. The first-order valence-corrected chi connectivity index (χ1v) is 14.2. The van der Waals surface area contributed by atoms with E-state index in [0.29, 0.717) is 13.2 Å². The molecule has 4 rings (SSSR count). The van der Waals surface area contributed by atoms with Gasteiger partial charge in [0, 0.05) is 64.8 Å². The second-order valence-electron chi connectivity index (χ2n) is 10.8. The van der Waals surface area contributed by atoms with E-state index in [2.05, 4.69) is 71.0 Å². The van der Waals surface area contributed by atoms with Crippen LogP contribution in [0.1, 0.15) is 37.3 Å². The first kappa shape index (κ1) is 28.4. The molecular weight excluding hydrogens is 466 g/mol. The van der Waals surface area contributed by atoms with E-state index in [9.17, 15) is 10.2 Å². The summed E-state index contributed by atoms with van der Waals surface area (Å²) in [6.45, 7) is 14.5. The number of β-amino-alcohol motifs (C(OH)–C–C–N with tert-alkyl or cyclic N) is 2. The number of aliphatic hydroxyl groups is 2. The number of aliphatic hydroxyl groups excluding tert-OH is 2. The zero-order valence-corrected chi connectivity index (χ0v) is 22.9. The third-order valence-corrected chi connectivity index (χ3v) is 8.15. The van der Waals surface area contributed by atoms with E-state index < -0.39 is 5.79 Å². The van der Waals surface area contributed by atoms with Gasteiger partial charge in [-0.2, -0.15) is 0 Å². The molecule has 2 N–H and O–H groups in total. The minimum Gasteiger partial charge on any atom is -0.395 e. The highest BCUT2D eigenvalue weighted by Crippen LogP contribution is 2.40. The number of hydrogen-bond donors (Lipinski definition) is 2. The zero-order chi connectivity index (χ0) is 26.1. The lowest BCUT2D eigenvalue weighted by Crippen LogP contribution is -2.47. The predicted molar refractivity (Wildman–Crippen MR) is 148 cm³/mol. The molecule has 0 bridgehead atoms. The predicted octanol–water partition coefficient (Wildman–Crippen LogP) is 2.77. The second-order valence-corrected chi connectivity index (χ2v) is 10.8. The Morgan fingerprint density at radius 3 is 2.19 bits per heavy atom. The van der Waals surface area contributed by atoms with Crippen molar-refractivity contribution in [2.45, 2.75) is 45.0 Å². The third-order valence-electron chi connectivity index (χ3n) is 8.15. The number of benzene rings is 1. The highest BCUT2D eigenvalue weighted by atomic mass is 16.7. The molecule has 0 saturated carbocycles. The lowest BCUT2D eigenvalue weighted by atomic mass is 9.82. The van der Waals surface area contributed by atoms with Crippen LogP contribution in [0, 0.1) is 12.8 Å². The van der Waals surface area contributed by atoms with Crippen LogP contribution in [0.4, 0.5) is 0 Å². The van der Waals surface area contributed by atoms with Crippen LogP contribution in [0.5, 0.6) is 0 Å². The molecule has 3 atom stereocenters. The van der Waals surface area contributed by atoms with E-state index in [4.69, 9.17) is 9.47 Å². The summed E-state index contributed by atoms with van der Waals surface area (Å²) >= 11 is 0. The van der Waals surface area contributed by atoms with E-state index in [0.717, 1.165) is 78.2 Å². The van der Waals surface area contributed by atoms with Crippen molar-refractivity contribution in [2.24, 2.45) is 5.92 Å². The number of likely N-dealkylation sites (tertiary alicyclic amines) is 1. The van der Waals surface area contributed by atoms with Gasteiger partial charge < -0.3 is 29.5 Å². The Morgan fingerprint density at radius 2 is 1.57 bits per heavy atom. The molecule has 1 aromatic rings. The fraction of sp³-hybridized carbons (Fsp3) is 0.667. The Hall–Kier alpha value is -1.58. The minimum absolute atomic E-state index is 0.0641. The molecule has 37 heavy (non-hydrogen) atoms. The van der Waals surface area contributed by atoms with Crippen molar-refractivity contribution in [3.05, 3.63) is 53.6 Å². The zero-order valence-electron chi connectivity index (χ0n) is 22.9. The maximum Gasteiger partial charge on any atom is 0.194 e. The number of ether oxygens (including phenoxy) is 2. The van der Waals surface area contributed by atoms with Crippen LogP contribution in [-0.4, -0.2) is 116 Å². The van der Waals surface area contributed by atoms with Gasteiger partial charge in [-0.05, 0) is 49.0 Å². The maximum absolute atomic E-state index is 9.82. The fourth-order valence-electron chi connectivity index (χ4n) is 5.83. The molecule has 2 fully saturated rings. The number of allylic oxidation sites excluding steroid dienone is 2. The lowest BCUT2D eigenvalue weighted by Gasteiger charge is -2.40. The van der Waals surface area contributed by atoms with Gasteiger partial charge in [0.2, 0.25) is 0 Å². The van der Waals surface area contributed by atoms with Crippen LogP contribution in [0.2, 0.25) is 0 Å². The molecule has 1 aliphatic carbocycles. The highest BCUT2D eigenvalue weighted by molar-refractivity contribution is 5.73. The monoisotopic (exact) mass is 513 g/mol. The van der Waals surface area contributed by atoms with Crippen molar-refractivity contribution < 1.29 is 19.7 Å². The topological polar surface area (TPSA) is 68.6 Å². The summed E-state index contributed by atoms with van der Waals surface area (Å²) < 4.78 is 13.3. The summed E-state index contributed by atoms with van der Waals surface area (Å²) in [7, 11) is 0. The van der Waals surface area contributed by atoms with Gasteiger partial charge in [-0.1, -0.05) is 43.3 Å². The Bertz CT molecular complexity index is 899. The molecule has 206 valence electrons. The summed E-state index contributed by atoms with van der Waals surface area (Å²) in [5.74, 6) is -0.717. The summed E-state index contributed by atoms with van der Waals surface area (Å²) in [6, 6.07) is 8.54. The number of aryl methyl sites for hydroxylation is 1. The van der Waals surface area contributed by atoms with Crippen molar-refractivity contribution in [1.82, 2.24) is 14.7 Å². The largest absolute Gasteiger partial charge is 0.395 e. The van der Waals surface area contributed by atoms with Crippen molar-refractivity contribution in [2.75, 3.05) is 78.7 Å². The number of nitrogens with zero attached hydrogens (tertiary/aromatic N) is 3. The van der Waals surface area contributed by atoms with Crippen molar-refractivity contribution in [1.29, 1.82) is 0 Å². The molecule has 7 heteroatoms. The molecule has 2 aliphatic heterocycles. The first-order chi connectivity index (χ1) is 18.0. The molecule has 7 nitrogen and oxygen atoms in total. The van der Waals surface area contributed by atoms with E-state index in [1.54, 1.807) is 0 Å². The molecule has 0 amide bonds. The van der Waals surface area contributed by atoms with E-state index in [1.165, 1.54) is 16.7 Å². The summed E-state index contributed by atoms with van der Waals surface area (Å²) in [6.07, 6.45) is 8.97. The minimum atomic E-state index is -0.781. The SMILES string of the molecule is Cc1ccccc1C1=CC=CC(OCCCN2CCN(CCO)CC2)(OCCCN2CC[C@@H](O)C2)C1C. The van der Waals surface area contributed by atoms with Crippen molar-refractivity contribution in [3.8, 4) is 0 Å². The van der Waals surface area contributed by atoms with Gasteiger partial charge in [0.25, 0.3) is 0 Å². The molecular formula is C30H47N3O4. The summed E-state index contributed by atoms with van der Waals surface area (Å²) in [5.41, 5.74) is 3.77. The molecule has 3 aliphatic rings. The average molecular weight is 514 g/mol. The van der Waals surface area contributed by atoms with Crippen LogP contribution in [0.3, 0.4) is 0 Å². The lowest BCUT2D eigenvalue weighted by molar-refractivity contribution is -0.223. The van der Waals surface area contributed by atoms with Crippen molar-refractivity contribution >= 4 is 5.57 Å². The second kappa shape index (κ2) is 14.0. The van der Waals surface area contributed by atoms with E-state index in [1.807, 2.05) is 0 Å². The van der Waals surface area contributed by atoms with Gasteiger partial charge in [0.05, 0.1) is 25.9 Å². The fourth-order valence-corrected chi connectivity index (χ4v) is 5.83. The molecule has 0 radical (unpaired) electrons. The number of hydrogen-bond acceptors (Lipinski definition) is 7. The molecule has 1 aromatic carbocycles. The van der Waals surface area contributed by atoms with Gasteiger partial charge in [-0.25, -0.2) is 0 Å². The van der Waals surface area contributed by atoms with Crippen molar-refractivity contribution in [3.63, 3.8) is 0 Å². The highest BCUT2D eigenvalue weighted by Gasteiger charge is 2.40. The van der Waals surface area contributed by atoms with Crippen LogP contribution in [-0.2, 0) is 9.47 Å². The number of rotatable bonds is 13. The molecule has 2 unspecified atom stereocenters. The van der Waals surface area contributed by atoms with E-state index >= 15 is 0 Å². The Labute approximate surface area is 223 Å². The van der Waals surface area contributed by atoms with Crippen LogP contribution >= 0.6 is 0 Å². The van der Waals surface area contributed by atoms with E-state index in [-0.39, 0.29) is 18.6 Å². The molecule has 2 saturated heterocycles. The Morgan fingerprint density at radius 1 is 0.919 bits per heavy atom. The van der Waals surface area contributed by atoms with Crippen LogP contribution < -0.4 is 0 Å². The van der Waals surface area contributed by atoms with Gasteiger partial charge in [-0.15, -0.1) is 0 Å². The van der Waals surface area contributed by atoms with Crippen LogP contribution in [0.25, 0.3) is 5.57 Å². The smallest absolute Gasteiger partial charge is 0.194 e. The van der Waals surface area contributed by atoms with Gasteiger partial charge >= 0.3 is 0 Å². The van der Waals surface area contributed by atoms with Gasteiger partial charge in [-0.3, -0.25) is 4.90 Å². The van der Waals surface area contributed by atoms with Gasteiger partial charge in [0.1, 0.15) is 0 Å². The quantitative estimate of drug-likeness (QED) is 0.311. The molecule has 2 heterocycles. The average Bonchev–Trinajstić information content (AvgIpc) is 3.32. The standard InChI is InChI=1S/C30H47N3O4/c1-25-8-3-4-9-28(25)29-10-5-12-30(26(29)2,37-23-7-14-33-15-11-27(35)24-33)36-22-6-13-31-16-18-32(19-17-31)20-21-34/h3-5,8-10,12,26-27,34-35H,6-7,11,13-24H2,1-2H3/t26?,27-,30?/m1/s1. The first-order valence-electron chi connectivity index (χ1n) is 14.2. The van der Waals surface area contributed by atoms with Crippen LogP contribution in [0.15, 0.2) is 42.5 Å². The Kier molecular flexibility index (Phi) is 10.7. The molecule has 0 spiro atoms. The molecule has 0 aromatic heterocycles. The Balaban J connectivity index is 1.34. The summed E-state index contributed by atoms with van der Waals surface area (Å²) in [5, 5.41) is 19.0.